The van der Waals surface area contributed by atoms with Crippen molar-refractivity contribution in [2.45, 2.75) is 45.4 Å². The summed E-state index contributed by atoms with van der Waals surface area (Å²) >= 11 is 7.27. The molecule has 1 atom stereocenters. The van der Waals surface area contributed by atoms with E-state index in [1.54, 1.807) is 24.3 Å². The highest BCUT2D eigenvalue weighted by Crippen LogP contribution is 2.26. The van der Waals surface area contributed by atoms with Crippen LogP contribution in [0.3, 0.4) is 0 Å². The Morgan fingerprint density at radius 1 is 1.12 bits per heavy atom. The monoisotopic (exact) mass is 485 g/mol. The van der Waals surface area contributed by atoms with Gasteiger partial charge in [0.2, 0.25) is 5.91 Å². The third-order valence-electron chi connectivity index (χ3n) is 5.05. The Morgan fingerprint density at radius 3 is 2.48 bits per heavy atom. The summed E-state index contributed by atoms with van der Waals surface area (Å²) in [7, 11) is 0. The van der Waals surface area contributed by atoms with E-state index >= 15 is 0 Å². The number of benzene rings is 2. The van der Waals surface area contributed by atoms with Crippen molar-refractivity contribution in [2.75, 3.05) is 11.1 Å². The number of rotatable bonds is 9. The first-order valence-electron chi connectivity index (χ1n) is 10.8. The molecule has 3 aromatic rings. The number of halogens is 1. The van der Waals surface area contributed by atoms with Crippen molar-refractivity contribution < 1.29 is 9.59 Å². The van der Waals surface area contributed by atoms with Gasteiger partial charge in [0.15, 0.2) is 11.0 Å². The summed E-state index contributed by atoms with van der Waals surface area (Å²) in [6.45, 7) is 8.64. The zero-order valence-electron chi connectivity index (χ0n) is 19.1. The maximum absolute atomic E-state index is 12.8. The highest BCUT2D eigenvalue weighted by atomic mass is 35.5. The van der Waals surface area contributed by atoms with Gasteiger partial charge in [-0.1, -0.05) is 61.0 Å². The molecule has 0 saturated heterocycles. The molecule has 1 aromatic heterocycles. The first-order chi connectivity index (χ1) is 15.8. The maximum atomic E-state index is 12.8. The van der Waals surface area contributed by atoms with E-state index in [-0.39, 0.29) is 29.5 Å². The predicted octanol–water partition coefficient (Wildman–Crippen LogP) is 5.12. The molecule has 0 radical (unpaired) electrons. The van der Waals surface area contributed by atoms with Crippen LogP contribution >= 0.6 is 23.4 Å². The number of hydrogen-bond donors (Lipinski definition) is 2. The first kappa shape index (κ1) is 24.8. The van der Waals surface area contributed by atoms with Gasteiger partial charge < -0.3 is 15.2 Å². The largest absolute Gasteiger partial charge is 0.342 e. The van der Waals surface area contributed by atoms with E-state index in [0.29, 0.717) is 33.8 Å². The van der Waals surface area contributed by atoms with Crippen LogP contribution in [0, 0.1) is 12.8 Å². The van der Waals surface area contributed by atoms with Gasteiger partial charge >= 0.3 is 0 Å². The Hall–Kier alpha value is -2.84. The summed E-state index contributed by atoms with van der Waals surface area (Å²) in [5.41, 5.74) is 2.34. The third-order valence-corrected chi connectivity index (χ3v) is 6.25. The number of nitrogens with one attached hydrogen (secondary N) is 2. The van der Waals surface area contributed by atoms with E-state index in [1.165, 1.54) is 11.8 Å². The average Bonchev–Trinajstić information content (AvgIpc) is 3.18. The van der Waals surface area contributed by atoms with Gasteiger partial charge in [0.05, 0.1) is 11.8 Å². The normalized spacial score (nSPS) is 11.9. The van der Waals surface area contributed by atoms with E-state index in [1.807, 2.05) is 56.5 Å². The number of carbonyl (C=O) groups is 2. The molecule has 7 nitrogen and oxygen atoms in total. The molecule has 3 rings (SSSR count). The molecule has 0 fully saturated rings. The number of amides is 2. The molecular weight excluding hydrogens is 458 g/mol. The Balaban J connectivity index is 1.70. The van der Waals surface area contributed by atoms with Crippen molar-refractivity contribution in [3.8, 4) is 0 Å². The van der Waals surface area contributed by atoms with Crippen LogP contribution in [0.15, 0.2) is 53.7 Å². The minimum absolute atomic E-state index is 0.0953. The standard InChI is InChI=1S/C24H28ClN5O2S/c1-5-30-22(21(15(2)3)27-23(32)17-11-9-16(4)10-12-17)28-29-24(30)33-14-20(31)26-19-8-6-7-18(25)13-19/h6-13,15,21H,5,14H2,1-4H3,(H,26,31)(H,27,32)/t21-/m1/s1. The van der Waals surface area contributed by atoms with Gasteiger partial charge in [-0.05, 0) is 50.1 Å². The number of carbonyl (C=O) groups excluding carboxylic acids is 2. The second kappa shape index (κ2) is 11.3. The van der Waals surface area contributed by atoms with Crippen LogP contribution in [0.1, 0.15) is 48.6 Å². The van der Waals surface area contributed by atoms with Gasteiger partial charge in [-0.2, -0.15) is 0 Å². The van der Waals surface area contributed by atoms with Gasteiger partial charge in [0.1, 0.15) is 0 Å². The van der Waals surface area contributed by atoms with Crippen molar-refractivity contribution in [3.63, 3.8) is 0 Å². The molecule has 33 heavy (non-hydrogen) atoms. The molecule has 0 spiro atoms. The molecule has 174 valence electrons. The molecule has 0 bridgehead atoms. The molecule has 2 amide bonds. The zero-order chi connectivity index (χ0) is 24.0. The van der Waals surface area contributed by atoms with Gasteiger partial charge in [0.25, 0.3) is 5.91 Å². The molecule has 0 aliphatic carbocycles. The Labute approximate surface area is 203 Å². The quantitative estimate of drug-likeness (QED) is 0.411. The van der Waals surface area contributed by atoms with Crippen molar-refractivity contribution >= 4 is 40.9 Å². The van der Waals surface area contributed by atoms with Crippen molar-refractivity contribution in [1.82, 2.24) is 20.1 Å². The van der Waals surface area contributed by atoms with Crippen LogP contribution in [0.4, 0.5) is 5.69 Å². The van der Waals surface area contributed by atoms with Crippen LogP contribution in [0.5, 0.6) is 0 Å². The van der Waals surface area contributed by atoms with Crippen molar-refractivity contribution in [2.24, 2.45) is 5.92 Å². The molecular formula is C24H28ClN5O2S. The molecule has 0 unspecified atom stereocenters. The van der Waals surface area contributed by atoms with Crippen LogP contribution in [0.25, 0.3) is 0 Å². The van der Waals surface area contributed by atoms with Crippen LogP contribution < -0.4 is 10.6 Å². The summed E-state index contributed by atoms with van der Waals surface area (Å²) in [5, 5.41) is 15.8. The molecule has 1 heterocycles. The molecule has 0 aliphatic rings. The molecule has 2 N–H and O–H groups in total. The van der Waals surface area contributed by atoms with E-state index in [2.05, 4.69) is 20.8 Å². The lowest BCUT2D eigenvalue weighted by Crippen LogP contribution is -2.33. The summed E-state index contributed by atoms with van der Waals surface area (Å²) < 4.78 is 1.94. The Kier molecular flexibility index (Phi) is 8.52. The number of hydrogen-bond acceptors (Lipinski definition) is 5. The van der Waals surface area contributed by atoms with E-state index in [0.717, 1.165) is 5.56 Å². The van der Waals surface area contributed by atoms with Gasteiger partial charge in [-0.3, -0.25) is 9.59 Å². The van der Waals surface area contributed by atoms with Gasteiger partial charge in [-0.25, -0.2) is 0 Å². The summed E-state index contributed by atoms with van der Waals surface area (Å²) in [6.07, 6.45) is 0. The highest BCUT2D eigenvalue weighted by Gasteiger charge is 2.26. The second-order valence-electron chi connectivity index (χ2n) is 7.99. The lowest BCUT2D eigenvalue weighted by atomic mass is 10.0. The average molecular weight is 486 g/mol. The lowest BCUT2D eigenvalue weighted by Gasteiger charge is -2.22. The van der Waals surface area contributed by atoms with Gasteiger partial charge in [0, 0.05) is 22.8 Å². The van der Waals surface area contributed by atoms with Crippen LogP contribution in [-0.4, -0.2) is 32.3 Å². The number of aryl methyl sites for hydroxylation is 1. The summed E-state index contributed by atoms with van der Waals surface area (Å²) in [5.74, 6) is 0.618. The van der Waals surface area contributed by atoms with Crippen LogP contribution in [-0.2, 0) is 11.3 Å². The fraction of sp³-hybridized carbons (Fsp3) is 0.333. The third kappa shape index (κ3) is 6.58. The molecule has 2 aromatic carbocycles. The molecule has 0 aliphatic heterocycles. The van der Waals surface area contributed by atoms with Crippen LogP contribution in [0.2, 0.25) is 5.02 Å². The Bertz CT molecular complexity index is 1110. The minimum atomic E-state index is -0.319. The topological polar surface area (TPSA) is 88.9 Å². The van der Waals surface area contributed by atoms with Crippen molar-refractivity contribution in [1.29, 1.82) is 0 Å². The minimum Gasteiger partial charge on any atom is -0.342 e. The fourth-order valence-corrected chi connectivity index (χ4v) is 4.29. The maximum Gasteiger partial charge on any atom is 0.251 e. The second-order valence-corrected chi connectivity index (χ2v) is 9.37. The van der Waals surface area contributed by atoms with E-state index < -0.39 is 0 Å². The summed E-state index contributed by atoms with van der Waals surface area (Å²) in [6, 6.07) is 14.1. The lowest BCUT2D eigenvalue weighted by molar-refractivity contribution is -0.113. The number of nitrogens with zero attached hydrogens (tertiary/aromatic N) is 3. The SMILES string of the molecule is CCn1c(SCC(=O)Nc2cccc(Cl)c2)nnc1[C@H](NC(=O)c1ccc(C)cc1)C(C)C. The number of anilines is 1. The zero-order valence-corrected chi connectivity index (χ0v) is 20.7. The number of thioether (sulfide) groups is 1. The number of aromatic nitrogens is 3. The van der Waals surface area contributed by atoms with Gasteiger partial charge in [-0.15, -0.1) is 10.2 Å². The smallest absolute Gasteiger partial charge is 0.251 e. The first-order valence-corrected chi connectivity index (χ1v) is 12.1. The Morgan fingerprint density at radius 2 is 1.85 bits per heavy atom. The van der Waals surface area contributed by atoms with Crippen molar-refractivity contribution in [3.05, 3.63) is 70.5 Å². The molecule has 0 saturated carbocycles. The van der Waals surface area contributed by atoms with E-state index in [4.69, 9.17) is 11.6 Å². The fourth-order valence-electron chi connectivity index (χ4n) is 3.29. The molecule has 9 heteroatoms. The predicted molar refractivity (Wildman–Crippen MR) is 133 cm³/mol. The van der Waals surface area contributed by atoms with E-state index in [9.17, 15) is 9.59 Å². The highest BCUT2D eigenvalue weighted by molar-refractivity contribution is 7.99. The summed E-state index contributed by atoms with van der Waals surface area (Å²) in [4.78, 5) is 25.2.